The zero-order valence-electron chi connectivity index (χ0n) is 11.6. The van der Waals surface area contributed by atoms with Crippen molar-refractivity contribution in [1.82, 2.24) is 0 Å². The van der Waals surface area contributed by atoms with Gasteiger partial charge in [0.1, 0.15) is 12.4 Å². The Morgan fingerprint density at radius 2 is 1.95 bits per heavy atom. The average Bonchev–Trinajstić information content (AvgIpc) is 2.49. The van der Waals surface area contributed by atoms with Gasteiger partial charge >= 0.3 is 5.97 Å². The highest BCUT2D eigenvalue weighted by atomic mass is 79.9. The Morgan fingerprint density at radius 3 is 2.67 bits per heavy atom. The van der Waals surface area contributed by atoms with Crippen LogP contribution in [0.4, 0.5) is 5.69 Å². The first-order valence-corrected chi connectivity index (χ1v) is 7.21. The molecule has 0 radical (unpaired) electrons. The molecule has 2 aromatic carbocycles. The number of anilines is 1. The molecular weight excluding hydrogens is 334 g/mol. The van der Waals surface area contributed by atoms with Crippen molar-refractivity contribution in [2.75, 3.05) is 12.8 Å². The molecule has 5 heteroatoms. The summed E-state index contributed by atoms with van der Waals surface area (Å²) in [5, 5.41) is 0. The van der Waals surface area contributed by atoms with E-state index in [4.69, 9.17) is 15.2 Å². The fourth-order valence-electron chi connectivity index (χ4n) is 1.85. The lowest BCUT2D eigenvalue weighted by atomic mass is 10.1. The summed E-state index contributed by atoms with van der Waals surface area (Å²) in [6.07, 6.45) is 0.161. The molecule has 0 atom stereocenters. The van der Waals surface area contributed by atoms with Crippen LogP contribution in [0.1, 0.15) is 11.1 Å². The zero-order chi connectivity index (χ0) is 15.2. The lowest BCUT2D eigenvalue weighted by Crippen LogP contribution is -2.09. The van der Waals surface area contributed by atoms with Crippen LogP contribution in [0.2, 0.25) is 0 Å². The van der Waals surface area contributed by atoms with Gasteiger partial charge in [-0.1, -0.05) is 34.1 Å². The van der Waals surface area contributed by atoms with Crippen LogP contribution in [-0.4, -0.2) is 13.1 Å². The third kappa shape index (κ3) is 4.23. The molecule has 21 heavy (non-hydrogen) atoms. The number of hydrogen-bond donors (Lipinski definition) is 1. The van der Waals surface area contributed by atoms with E-state index in [2.05, 4.69) is 15.9 Å². The highest BCUT2D eigenvalue weighted by Crippen LogP contribution is 2.23. The number of carbonyl (C=O) groups is 1. The van der Waals surface area contributed by atoms with Crippen molar-refractivity contribution in [2.24, 2.45) is 0 Å². The topological polar surface area (TPSA) is 61.5 Å². The van der Waals surface area contributed by atoms with Crippen LogP contribution < -0.4 is 10.5 Å². The number of carbonyl (C=O) groups excluding carboxylic acids is 1. The molecule has 0 saturated carbocycles. The van der Waals surface area contributed by atoms with Crippen LogP contribution in [0.3, 0.4) is 0 Å². The number of benzene rings is 2. The molecule has 0 spiro atoms. The number of hydrogen-bond acceptors (Lipinski definition) is 4. The smallest absolute Gasteiger partial charge is 0.310 e. The van der Waals surface area contributed by atoms with Crippen LogP contribution >= 0.6 is 15.9 Å². The van der Waals surface area contributed by atoms with Crippen LogP contribution in [0, 0.1) is 0 Å². The van der Waals surface area contributed by atoms with Gasteiger partial charge in [0.25, 0.3) is 0 Å². The maximum absolute atomic E-state index is 11.9. The first kappa shape index (κ1) is 15.4. The number of methoxy groups -OCH3 is 1. The number of rotatable bonds is 5. The number of nitrogens with two attached hydrogens (primary N) is 1. The van der Waals surface area contributed by atoms with Gasteiger partial charge in [0.15, 0.2) is 0 Å². The van der Waals surface area contributed by atoms with E-state index >= 15 is 0 Å². The quantitative estimate of drug-likeness (QED) is 0.664. The number of nitrogen functional groups attached to an aromatic ring is 1. The zero-order valence-corrected chi connectivity index (χ0v) is 13.2. The lowest BCUT2D eigenvalue weighted by molar-refractivity contribution is -0.144. The minimum atomic E-state index is -0.317. The summed E-state index contributed by atoms with van der Waals surface area (Å²) >= 11 is 3.42. The number of ether oxygens (including phenoxy) is 2. The maximum Gasteiger partial charge on any atom is 0.310 e. The molecule has 4 nitrogen and oxygen atoms in total. The van der Waals surface area contributed by atoms with Crippen molar-refractivity contribution in [3.05, 3.63) is 58.1 Å². The summed E-state index contributed by atoms with van der Waals surface area (Å²) in [6, 6.07) is 12.8. The predicted octanol–water partition coefficient (Wildman–Crippen LogP) is 3.33. The molecule has 0 bridgehead atoms. The minimum absolute atomic E-state index is 0.161. The van der Waals surface area contributed by atoms with E-state index in [0.29, 0.717) is 5.69 Å². The molecule has 2 N–H and O–H groups in total. The Morgan fingerprint density at radius 1 is 1.19 bits per heavy atom. The van der Waals surface area contributed by atoms with E-state index in [1.807, 2.05) is 36.4 Å². The minimum Gasteiger partial charge on any atom is -0.497 e. The van der Waals surface area contributed by atoms with E-state index < -0.39 is 0 Å². The Balaban J connectivity index is 1.97. The molecule has 0 saturated heterocycles. The van der Waals surface area contributed by atoms with E-state index in [0.717, 1.165) is 21.3 Å². The summed E-state index contributed by atoms with van der Waals surface area (Å²) in [5.74, 6) is 0.402. The molecule has 0 aliphatic carbocycles. The number of halogens is 1. The van der Waals surface area contributed by atoms with Gasteiger partial charge in [-0.15, -0.1) is 0 Å². The Labute approximate surface area is 132 Å². The van der Waals surface area contributed by atoms with Gasteiger partial charge < -0.3 is 15.2 Å². The van der Waals surface area contributed by atoms with Gasteiger partial charge in [-0.25, -0.2) is 0 Å². The summed E-state index contributed by atoms with van der Waals surface area (Å²) in [6.45, 7) is 0.184. The summed E-state index contributed by atoms with van der Waals surface area (Å²) in [5.41, 5.74) is 8.02. The number of para-hydroxylation sites is 1. The Bertz CT molecular complexity index is 643. The third-order valence-electron chi connectivity index (χ3n) is 3.03. The predicted molar refractivity (Wildman–Crippen MR) is 85.0 cm³/mol. The summed E-state index contributed by atoms with van der Waals surface area (Å²) in [4.78, 5) is 11.9. The summed E-state index contributed by atoms with van der Waals surface area (Å²) in [7, 11) is 1.59. The molecule has 0 fully saturated rings. The fraction of sp³-hybridized carbons (Fsp3) is 0.188. The highest BCUT2D eigenvalue weighted by Gasteiger charge is 2.09. The second-order valence-corrected chi connectivity index (χ2v) is 5.35. The Hall–Kier alpha value is -2.01. The average molecular weight is 350 g/mol. The molecule has 0 aromatic heterocycles. The molecular formula is C16H16BrNO3. The maximum atomic E-state index is 11.9. The van der Waals surface area contributed by atoms with Crippen molar-refractivity contribution in [1.29, 1.82) is 0 Å². The van der Waals surface area contributed by atoms with Crippen molar-refractivity contribution in [3.63, 3.8) is 0 Å². The molecule has 0 unspecified atom stereocenters. The normalized spacial score (nSPS) is 10.2. The second kappa shape index (κ2) is 7.13. The first-order valence-electron chi connectivity index (χ1n) is 6.41. The van der Waals surface area contributed by atoms with Crippen molar-refractivity contribution in [2.45, 2.75) is 13.0 Å². The molecule has 2 rings (SSSR count). The van der Waals surface area contributed by atoms with Gasteiger partial charge in [0.2, 0.25) is 0 Å². The largest absolute Gasteiger partial charge is 0.497 e. The van der Waals surface area contributed by atoms with E-state index in [1.165, 1.54) is 0 Å². The van der Waals surface area contributed by atoms with E-state index in [-0.39, 0.29) is 19.0 Å². The lowest BCUT2D eigenvalue weighted by Gasteiger charge is -2.09. The van der Waals surface area contributed by atoms with Crippen LogP contribution in [0.5, 0.6) is 5.75 Å². The molecule has 110 valence electrons. The SMILES string of the molecule is COc1ccc(Br)c(COC(=O)Cc2ccccc2N)c1. The van der Waals surface area contributed by atoms with Gasteiger partial charge in [-0.3, -0.25) is 4.79 Å². The highest BCUT2D eigenvalue weighted by molar-refractivity contribution is 9.10. The van der Waals surface area contributed by atoms with Crippen LogP contribution in [-0.2, 0) is 22.6 Å². The molecule has 0 aliphatic rings. The van der Waals surface area contributed by atoms with E-state index in [1.54, 1.807) is 13.2 Å². The first-order chi connectivity index (χ1) is 10.1. The summed E-state index contributed by atoms with van der Waals surface area (Å²) < 4.78 is 11.3. The van der Waals surface area contributed by atoms with Gasteiger partial charge in [0, 0.05) is 15.7 Å². The monoisotopic (exact) mass is 349 g/mol. The molecule has 2 aromatic rings. The third-order valence-corrected chi connectivity index (χ3v) is 3.81. The van der Waals surface area contributed by atoms with Crippen molar-refractivity contribution in [3.8, 4) is 5.75 Å². The van der Waals surface area contributed by atoms with E-state index in [9.17, 15) is 4.79 Å². The van der Waals surface area contributed by atoms with Crippen molar-refractivity contribution < 1.29 is 14.3 Å². The molecule has 0 amide bonds. The standard InChI is InChI=1S/C16H16BrNO3/c1-20-13-6-7-14(17)12(8-13)10-21-16(19)9-11-4-2-3-5-15(11)18/h2-8H,9-10,18H2,1H3. The van der Waals surface area contributed by atoms with Crippen molar-refractivity contribution >= 4 is 27.6 Å². The number of esters is 1. The Kier molecular flexibility index (Phi) is 5.22. The molecule has 0 heterocycles. The van der Waals surface area contributed by atoms with Crippen LogP contribution in [0.15, 0.2) is 46.9 Å². The fourth-order valence-corrected chi connectivity index (χ4v) is 2.21. The van der Waals surface area contributed by atoms with Gasteiger partial charge in [-0.2, -0.15) is 0 Å². The van der Waals surface area contributed by atoms with Crippen LogP contribution in [0.25, 0.3) is 0 Å². The van der Waals surface area contributed by atoms with Gasteiger partial charge in [-0.05, 0) is 29.8 Å². The second-order valence-electron chi connectivity index (χ2n) is 4.49. The van der Waals surface area contributed by atoms with Gasteiger partial charge in [0.05, 0.1) is 13.5 Å². The molecule has 0 aliphatic heterocycles.